The van der Waals surface area contributed by atoms with Gasteiger partial charge in [-0.15, -0.1) is 0 Å². The van der Waals surface area contributed by atoms with E-state index in [9.17, 15) is 4.79 Å². The number of primary amides is 1. The van der Waals surface area contributed by atoms with Crippen molar-refractivity contribution < 1.29 is 4.79 Å². The molecule has 0 aliphatic carbocycles. The summed E-state index contributed by atoms with van der Waals surface area (Å²) in [5.41, 5.74) is 11.0. The van der Waals surface area contributed by atoms with Crippen molar-refractivity contribution in [2.24, 2.45) is 11.5 Å². The van der Waals surface area contributed by atoms with Crippen LogP contribution in [0, 0.1) is 0 Å². The van der Waals surface area contributed by atoms with E-state index in [1.54, 1.807) is 0 Å². The van der Waals surface area contributed by atoms with Gasteiger partial charge in [0.25, 0.3) is 0 Å². The molecule has 0 heterocycles. The standard InChI is InChI=1S/C6H12N2O/c1-5(2-3-7)4-6(8)9/h4H,2-3,7H2,1H3,(H2,8,9). The van der Waals surface area contributed by atoms with Crippen molar-refractivity contribution in [2.45, 2.75) is 13.3 Å². The average Bonchev–Trinajstić information content (AvgIpc) is 1.63. The summed E-state index contributed by atoms with van der Waals surface area (Å²) >= 11 is 0. The number of amides is 1. The van der Waals surface area contributed by atoms with Gasteiger partial charge in [0, 0.05) is 6.08 Å². The molecular formula is C6H12N2O. The summed E-state index contributed by atoms with van der Waals surface area (Å²) in [4.78, 5) is 10.2. The normalized spacial score (nSPS) is 11.6. The lowest BCUT2D eigenvalue weighted by Gasteiger charge is -1.93. The zero-order chi connectivity index (χ0) is 7.28. The lowest BCUT2D eigenvalue weighted by molar-refractivity contribution is -0.113. The first-order chi connectivity index (χ1) is 4.16. The minimum atomic E-state index is -0.402. The third kappa shape index (κ3) is 5.03. The van der Waals surface area contributed by atoms with Gasteiger partial charge in [0.1, 0.15) is 0 Å². The molecule has 0 aromatic rings. The molecule has 1 amide bonds. The summed E-state index contributed by atoms with van der Waals surface area (Å²) in [6.45, 7) is 2.40. The van der Waals surface area contributed by atoms with E-state index in [-0.39, 0.29) is 0 Å². The van der Waals surface area contributed by atoms with Gasteiger partial charge in [0.15, 0.2) is 0 Å². The van der Waals surface area contributed by atoms with Gasteiger partial charge in [-0.05, 0) is 19.9 Å². The van der Waals surface area contributed by atoms with Crippen LogP contribution in [0.3, 0.4) is 0 Å². The lowest BCUT2D eigenvalue weighted by atomic mass is 10.2. The smallest absolute Gasteiger partial charge is 0.241 e. The highest BCUT2D eigenvalue weighted by Gasteiger charge is 1.89. The second-order valence-corrected chi connectivity index (χ2v) is 1.93. The number of hydrogen-bond acceptors (Lipinski definition) is 2. The van der Waals surface area contributed by atoms with Crippen LogP contribution in [0.25, 0.3) is 0 Å². The minimum Gasteiger partial charge on any atom is -0.366 e. The van der Waals surface area contributed by atoms with E-state index in [1.807, 2.05) is 6.92 Å². The fraction of sp³-hybridized carbons (Fsp3) is 0.500. The molecular weight excluding hydrogens is 116 g/mol. The maximum atomic E-state index is 10.2. The number of hydrogen-bond donors (Lipinski definition) is 2. The minimum absolute atomic E-state index is 0.402. The number of rotatable bonds is 3. The molecule has 0 spiro atoms. The van der Waals surface area contributed by atoms with Crippen LogP contribution >= 0.6 is 0 Å². The molecule has 0 unspecified atom stereocenters. The molecule has 3 nitrogen and oxygen atoms in total. The van der Waals surface area contributed by atoms with Crippen molar-refractivity contribution in [1.29, 1.82) is 0 Å². The molecule has 0 saturated carbocycles. The predicted molar refractivity (Wildman–Crippen MR) is 36.6 cm³/mol. The van der Waals surface area contributed by atoms with Gasteiger partial charge in [0.2, 0.25) is 5.91 Å². The summed E-state index contributed by atoms with van der Waals surface area (Å²) in [5.74, 6) is -0.402. The molecule has 9 heavy (non-hydrogen) atoms. The summed E-state index contributed by atoms with van der Waals surface area (Å²) in [7, 11) is 0. The molecule has 0 aromatic heterocycles. The number of nitrogens with two attached hydrogens (primary N) is 2. The first-order valence-corrected chi connectivity index (χ1v) is 2.83. The van der Waals surface area contributed by atoms with E-state index in [1.165, 1.54) is 6.08 Å². The number of carbonyl (C=O) groups is 1. The van der Waals surface area contributed by atoms with Crippen molar-refractivity contribution in [3.05, 3.63) is 11.6 Å². The summed E-state index contributed by atoms with van der Waals surface area (Å²) in [6, 6.07) is 0. The van der Waals surface area contributed by atoms with E-state index in [0.29, 0.717) is 6.54 Å². The van der Waals surface area contributed by atoms with Gasteiger partial charge < -0.3 is 11.5 Å². The maximum absolute atomic E-state index is 10.2. The van der Waals surface area contributed by atoms with Gasteiger partial charge in [-0.25, -0.2) is 0 Å². The fourth-order valence-corrected chi connectivity index (χ4v) is 0.543. The van der Waals surface area contributed by atoms with E-state index in [4.69, 9.17) is 11.5 Å². The van der Waals surface area contributed by atoms with Crippen LogP contribution in [0.2, 0.25) is 0 Å². The Hall–Kier alpha value is -0.830. The molecule has 0 aliphatic heterocycles. The van der Waals surface area contributed by atoms with E-state index in [0.717, 1.165) is 12.0 Å². The highest BCUT2D eigenvalue weighted by atomic mass is 16.1. The third-order valence-corrected chi connectivity index (χ3v) is 0.927. The largest absolute Gasteiger partial charge is 0.366 e. The Morgan fingerprint density at radius 2 is 2.22 bits per heavy atom. The van der Waals surface area contributed by atoms with Gasteiger partial charge >= 0.3 is 0 Å². The average molecular weight is 128 g/mol. The predicted octanol–water partition coefficient (Wildman–Crippen LogP) is -0.233. The van der Waals surface area contributed by atoms with Crippen molar-refractivity contribution >= 4 is 5.91 Å². The van der Waals surface area contributed by atoms with Crippen LogP contribution in [0.5, 0.6) is 0 Å². The summed E-state index contributed by atoms with van der Waals surface area (Å²) in [5, 5.41) is 0. The molecule has 0 aromatic carbocycles. The van der Waals surface area contributed by atoms with Crippen LogP contribution in [-0.2, 0) is 4.79 Å². The molecule has 0 saturated heterocycles. The first-order valence-electron chi connectivity index (χ1n) is 2.83. The van der Waals surface area contributed by atoms with Gasteiger partial charge in [0.05, 0.1) is 0 Å². The second kappa shape index (κ2) is 4.09. The van der Waals surface area contributed by atoms with Crippen LogP contribution in [-0.4, -0.2) is 12.5 Å². The molecule has 0 radical (unpaired) electrons. The highest BCUT2D eigenvalue weighted by Crippen LogP contribution is 1.94. The Bertz CT molecular complexity index is 129. The Morgan fingerprint density at radius 3 is 2.56 bits per heavy atom. The molecule has 4 N–H and O–H groups in total. The molecule has 52 valence electrons. The zero-order valence-electron chi connectivity index (χ0n) is 5.55. The van der Waals surface area contributed by atoms with Crippen LogP contribution < -0.4 is 11.5 Å². The Morgan fingerprint density at radius 1 is 1.67 bits per heavy atom. The van der Waals surface area contributed by atoms with Gasteiger partial charge in [-0.3, -0.25) is 4.79 Å². The Kier molecular flexibility index (Phi) is 3.71. The SMILES string of the molecule is CC(=CC(N)=O)CCN. The van der Waals surface area contributed by atoms with Crippen molar-refractivity contribution in [1.82, 2.24) is 0 Å². The molecule has 0 aliphatic rings. The zero-order valence-corrected chi connectivity index (χ0v) is 5.55. The van der Waals surface area contributed by atoms with Crippen LogP contribution in [0.1, 0.15) is 13.3 Å². The monoisotopic (exact) mass is 128 g/mol. The maximum Gasteiger partial charge on any atom is 0.241 e. The van der Waals surface area contributed by atoms with E-state index >= 15 is 0 Å². The third-order valence-electron chi connectivity index (χ3n) is 0.927. The molecule has 3 heteroatoms. The highest BCUT2D eigenvalue weighted by molar-refractivity contribution is 5.86. The second-order valence-electron chi connectivity index (χ2n) is 1.93. The first kappa shape index (κ1) is 8.17. The van der Waals surface area contributed by atoms with E-state index in [2.05, 4.69) is 0 Å². The number of carbonyl (C=O) groups excluding carboxylic acids is 1. The van der Waals surface area contributed by atoms with Gasteiger partial charge in [-0.2, -0.15) is 0 Å². The summed E-state index contributed by atoms with van der Waals surface area (Å²) < 4.78 is 0. The van der Waals surface area contributed by atoms with Crippen molar-refractivity contribution in [2.75, 3.05) is 6.54 Å². The van der Waals surface area contributed by atoms with E-state index < -0.39 is 5.91 Å². The molecule has 0 rings (SSSR count). The molecule has 0 atom stereocenters. The van der Waals surface area contributed by atoms with Crippen molar-refractivity contribution in [3.63, 3.8) is 0 Å². The summed E-state index contributed by atoms with van der Waals surface area (Å²) in [6.07, 6.45) is 2.13. The Balaban J connectivity index is 3.69. The van der Waals surface area contributed by atoms with Gasteiger partial charge in [-0.1, -0.05) is 5.57 Å². The topological polar surface area (TPSA) is 69.1 Å². The fourth-order valence-electron chi connectivity index (χ4n) is 0.543. The molecule has 0 bridgehead atoms. The lowest BCUT2D eigenvalue weighted by Crippen LogP contribution is -2.08. The Labute approximate surface area is 54.7 Å². The quantitative estimate of drug-likeness (QED) is 0.515. The van der Waals surface area contributed by atoms with Crippen LogP contribution in [0.15, 0.2) is 11.6 Å². The van der Waals surface area contributed by atoms with Crippen LogP contribution in [0.4, 0.5) is 0 Å². The molecule has 0 fully saturated rings. The van der Waals surface area contributed by atoms with Crippen molar-refractivity contribution in [3.8, 4) is 0 Å².